The Labute approximate surface area is 174 Å². The molecule has 0 radical (unpaired) electrons. The van der Waals surface area contributed by atoms with E-state index in [-0.39, 0.29) is 24.7 Å². The first kappa shape index (κ1) is 21.5. The van der Waals surface area contributed by atoms with Crippen molar-refractivity contribution in [1.82, 2.24) is 20.6 Å². The molecule has 1 aliphatic heterocycles. The van der Waals surface area contributed by atoms with Crippen LogP contribution in [0.2, 0.25) is 0 Å². The van der Waals surface area contributed by atoms with Crippen molar-refractivity contribution in [2.24, 2.45) is 0 Å². The molecule has 0 bridgehead atoms. The van der Waals surface area contributed by atoms with Gasteiger partial charge in [0.1, 0.15) is 17.8 Å². The van der Waals surface area contributed by atoms with Crippen molar-refractivity contribution in [3.05, 3.63) is 41.8 Å². The van der Waals surface area contributed by atoms with Crippen LogP contribution in [0.25, 0.3) is 0 Å². The molecule has 1 saturated heterocycles. The number of unbranched alkanes of at least 4 members (excludes halogenated alkanes) is 1. The first-order chi connectivity index (χ1) is 14.5. The third-order valence-corrected chi connectivity index (χ3v) is 4.52. The molecule has 158 valence electrons. The van der Waals surface area contributed by atoms with E-state index in [0.29, 0.717) is 42.4 Å². The van der Waals surface area contributed by atoms with Gasteiger partial charge in [0.2, 0.25) is 11.9 Å². The summed E-state index contributed by atoms with van der Waals surface area (Å²) in [6.07, 6.45) is 2.16. The van der Waals surface area contributed by atoms with Crippen molar-refractivity contribution in [3.8, 4) is 11.8 Å². The van der Waals surface area contributed by atoms with Gasteiger partial charge in [0, 0.05) is 38.7 Å². The summed E-state index contributed by atoms with van der Waals surface area (Å²) in [7, 11) is 1.74. The maximum absolute atomic E-state index is 13.1. The number of anilines is 3. The van der Waals surface area contributed by atoms with E-state index in [1.54, 1.807) is 25.4 Å². The Hall–Kier alpha value is -3.25. The number of benzene rings is 1. The Bertz CT molecular complexity index is 925. The molecule has 0 spiro atoms. The van der Waals surface area contributed by atoms with Crippen molar-refractivity contribution < 1.29 is 13.6 Å². The lowest BCUT2D eigenvalue weighted by Gasteiger charge is -2.09. The minimum Gasteiger partial charge on any atom is -0.372 e. The zero-order valence-electron chi connectivity index (χ0n) is 16.6. The van der Waals surface area contributed by atoms with E-state index < -0.39 is 12.2 Å². The number of carbonyl (C=O) groups excluding carboxylic acids is 1. The molecule has 0 saturated carbocycles. The quantitative estimate of drug-likeness (QED) is 0.411. The summed E-state index contributed by atoms with van der Waals surface area (Å²) in [5, 5.41) is 11.6. The standard InChI is InChI=1S/C21H24F2N6O/c1-24-19-14(12-27-21(29-19)28-17-8-6-15(22)7-9-17)5-3-2-4-10-25-20(30)18-11-16(23)13-26-18/h6-9,12,16,18,26H,2,4,10-11,13H2,1H3,(H,25,30)(H2,24,27,28,29)/t16-,18-/m0/s1. The number of rotatable bonds is 7. The fourth-order valence-corrected chi connectivity index (χ4v) is 2.95. The molecule has 0 unspecified atom stereocenters. The van der Waals surface area contributed by atoms with Gasteiger partial charge in [-0.3, -0.25) is 4.79 Å². The van der Waals surface area contributed by atoms with E-state index in [1.807, 2.05) is 0 Å². The van der Waals surface area contributed by atoms with Crippen LogP contribution >= 0.6 is 0 Å². The number of nitrogens with one attached hydrogen (secondary N) is 4. The summed E-state index contributed by atoms with van der Waals surface area (Å²) >= 11 is 0. The van der Waals surface area contributed by atoms with E-state index in [1.165, 1.54) is 12.1 Å². The van der Waals surface area contributed by atoms with E-state index in [0.717, 1.165) is 0 Å². The Morgan fingerprint density at radius 3 is 2.83 bits per heavy atom. The number of halogens is 2. The molecule has 30 heavy (non-hydrogen) atoms. The average Bonchev–Trinajstić information content (AvgIpc) is 3.19. The lowest BCUT2D eigenvalue weighted by atomic mass is 10.2. The largest absolute Gasteiger partial charge is 0.372 e. The Morgan fingerprint density at radius 2 is 2.13 bits per heavy atom. The Kier molecular flexibility index (Phi) is 7.51. The van der Waals surface area contributed by atoms with Gasteiger partial charge in [-0.2, -0.15) is 4.98 Å². The van der Waals surface area contributed by atoms with Crippen LogP contribution in [0.15, 0.2) is 30.5 Å². The van der Waals surface area contributed by atoms with Gasteiger partial charge >= 0.3 is 0 Å². The molecule has 2 aromatic rings. The van der Waals surface area contributed by atoms with Crippen LogP contribution in [-0.2, 0) is 4.79 Å². The third kappa shape index (κ3) is 6.12. The van der Waals surface area contributed by atoms with E-state index >= 15 is 0 Å². The summed E-state index contributed by atoms with van der Waals surface area (Å²) in [4.78, 5) is 20.5. The Balaban J connectivity index is 1.47. The molecule has 9 heteroatoms. The van der Waals surface area contributed by atoms with Gasteiger partial charge in [-0.25, -0.2) is 13.8 Å². The predicted octanol–water partition coefficient (Wildman–Crippen LogP) is 2.35. The zero-order valence-corrected chi connectivity index (χ0v) is 16.6. The second kappa shape index (κ2) is 10.5. The number of alkyl halides is 1. The average molecular weight is 414 g/mol. The van der Waals surface area contributed by atoms with Crippen molar-refractivity contribution in [2.45, 2.75) is 31.5 Å². The fourth-order valence-electron chi connectivity index (χ4n) is 2.95. The maximum atomic E-state index is 13.1. The Morgan fingerprint density at radius 1 is 1.33 bits per heavy atom. The van der Waals surface area contributed by atoms with Crippen LogP contribution in [0.1, 0.15) is 24.8 Å². The highest BCUT2D eigenvalue weighted by atomic mass is 19.1. The number of aromatic nitrogens is 2. The van der Waals surface area contributed by atoms with Gasteiger partial charge < -0.3 is 21.3 Å². The number of hydrogen-bond acceptors (Lipinski definition) is 6. The fraction of sp³-hybridized carbons (Fsp3) is 0.381. The molecule has 3 rings (SSSR count). The number of nitrogens with zero attached hydrogens (tertiary/aromatic N) is 2. The summed E-state index contributed by atoms with van der Waals surface area (Å²) in [5.74, 6) is 6.53. The molecule has 1 aromatic carbocycles. The van der Waals surface area contributed by atoms with Crippen molar-refractivity contribution in [1.29, 1.82) is 0 Å². The van der Waals surface area contributed by atoms with Crippen molar-refractivity contribution in [3.63, 3.8) is 0 Å². The van der Waals surface area contributed by atoms with E-state index in [4.69, 9.17) is 0 Å². The molecule has 0 aliphatic carbocycles. The van der Waals surface area contributed by atoms with Crippen molar-refractivity contribution >= 4 is 23.4 Å². The number of hydrogen-bond donors (Lipinski definition) is 4. The van der Waals surface area contributed by atoms with Crippen LogP contribution in [0.4, 0.5) is 26.2 Å². The van der Waals surface area contributed by atoms with Crippen LogP contribution in [-0.4, -0.2) is 48.2 Å². The summed E-state index contributed by atoms with van der Waals surface area (Å²) in [6.45, 7) is 0.718. The molecule has 1 fully saturated rings. The molecule has 7 nitrogen and oxygen atoms in total. The molecular formula is C21H24F2N6O. The molecule has 1 amide bonds. The molecular weight excluding hydrogens is 390 g/mol. The first-order valence-electron chi connectivity index (χ1n) is 9.76. The normalized spacial score (nSPS) is 17.7. The summed E-state index contributed by atoms with van der Waals surface area (Å²) in [5.41, 5.74) is 1.32. The van der Waals surface area contributed by atoms with E-state index in [9.17, 15) is 13.6 Å². The van der Waals surface area contributed by atoms with Crippen LogP contribution < -0.4 is 21.3 Å². The maximum Gasteiger partial charge on any atom is 0.237 e. The van der Waals surface area contributed by atoms with Crippen LogP contribution in [0.5, 0.6) is 0 Å². The SMILES string of the molecule is CNc1nc(Nc2ccc(F)cc2)ncc1C#CCCCNC(=O)[C@@H]1C[C@H](F)CN1. The van der Waals surface area contributed by atoms with Crippen molar-refractivity contribution in [2.75, 3.05) is 30.8 Å². The highest BCUT2D eigenvalue weighted by Gasteiger charge is 2.28. The van der Waals surface area contributed by atoms with Gasteiger partial charge in [-0.05, 0) is 30.7 Å². The van der Waals surface area contributed by atoms with Gasteiger partial charge in [0.25, 0.3) is 0 Å². The smallest absolute Gasteiger partial charge is 0.237 e. The molecule has 1 aliphatic rings. The van der Waals surface area contributed by atoms with Gasteiger partial charge in [0.05, 0.1) is 17.8 Å². The highest BCUT2D eigenvalue weighted by Crippen LogP contribution is 2.17. The molecule has 2 atom stereocenters. The van der Waals surface area contributed by atoms with E-state index in [2.05, 4.69) is 43.1 Å². The van der Waals surface area contributed by atoms with Gasteiger partial charge in [0.15, 0.2) is 0 Å². The minimum absolute atomic E-state index is 0.168. The monoisotopic (exact) mass is 414 g/mol. The second-order valence-corrected chi connectivity index (χ2v) is 6.83. The van der Waals surface area contributed by atoms with Crippen LogP contribution in [0.3, 0.4) is 0 Å². The lowest BCUT2D eigenvalue weighted by molar-refractivity contribution is -0.122. The third-order valence-electron chi connectivity index (χ3n) is 4.52. The van der Waals surface area contributed by atoms with Gasteiger partial charge in [-0.15, -0.1) is 0 Å². The number of carbonyl (C=O) groups is 1. The molecule has 4 N–H and O–H groups in total. The van der Waals surface area contributed by atoms with Gasteiger partial charge in [-0.1, -0.05) is 11.8 Å². The summed E-state index contributed by atoms with van der Waals surface area (Å²) < 4.78 is 26.1. The second-order valence-electron chi connectivity index (χ2n) is 6.83. The van der Waals surface area contributed by atoms with Crippen LogP contribution in [0, 0.1) is 17.7 Å². The molecule has 2 heterocycles. The summed E-state index contributed by atoms with van der Waals surface area (Å²) in [6, 6.07) is 5.46. The topological polar surface area (TPSA) is 91.0 Å². The highest BCUT2D eigenvalue weighted by molar-refractivity contribution is 5.82. The zero-order chi connectivity index (χ0) is 21.3. The molecule has 1 aromatic heterocycles. The predicted molar refractivity (Wildman–Crippen MR) is 112 cm³/mol. The number of amides is 1. The minimum atomic E-state index is -0.951. The first-order valence-corrected chi connectivity index (χ1v) is 9.76. The lowest BCUT2D eigenvalue weighted by Crippen LogP contribution is -2.40.